The fourth-order valence-electron chi connectivity index (χ4n) is 3.44. The molecule has 0 bridgehead atoms. The molecule has 0 unspecified atom stereocenters. The summed E-state index contributed by atoms with van der Waals surface area (Å²) in [5.41, 5.74) is 3.36. The number of carbonyl (C=O) groups excluding carboxylic acids is 3. The highest BCUT2D eigenvalue weighted by atomic mass is 35.5. The van der Waals surface area contributed by atoms with E-state index in [1.54, 1.807) is 54.6 Å². The van der Waals surface area contributed by atoms with Crippen LogP contribution in [0.25, 0.3) is 6.08 Å². The number of barbiturate groups is 1. The minimum Gasteiger partial charge on any atom is -0.488 e. The average molecular weight is 495 g/mol. The molecule has 172 valence electrons. The van der Waals surface area contributed by atoms with E-state index >= 15 is 0 Å². The molecule has 3 aromatic carbocycles. The normalized spacial score (nSPS) is 15.0. The Hall–Kier alpha value is -3.61. The predicted molar refractivity (Wildman–Crippen MR) is 132 cm³/mol. The van der Waals surface area contributed by atoms with Crippen molar-refractivity contribution in [2.75, 3.05) is 4.90 Å². The lowest BCUT2D eigenvalue weighted by Gasteiger charge is -2.27. The fourth-order valence-corrected chi connectivity index (χ4v) is 3.90. The first kappa shape index (κ1) is 23.5. The minimum absolute atomic E-state index is 0.156. The highest BCUT2D eigenvalue weighted by Gasteiger charge is 2.37. The topological polar surface area (TPSA) is 75.7 Å². The molecule has 1 saturated heterocycles. The number of amides is 4. The van der Waals surface area contributed by atoms with E-state index in [2.05, 4.69) is 5.32 Å². The van der Waals surface area contributed by atoms with Crippen LogP contribution in [0.15, 0.2) is 66.2 Å². The fraction of sp³-hybridized carbons (Fsp3) is 0.115. The molecule has 8 heteroatoms. The lowest BCUT2D eigenvalue weighted by molar-refractivity contribution is -0.122. The molecule has 3 aromatic rings. The number of halogens is 2. The molecule has 0 saturated carbocycles. The molecule has 1 fully saturated rings. The van der Waals surface area contributed by atoms with E-state index in [-0.39, 0.29) is 12.2 Å². The molecule has 4 rings (SSSR count). The number of urea groups is 1. The molecule has 1 N–H and O–H groups in total. The molecular weight excluding hydrogens is 475 g/mol. The Morgan fingerprint density at radius 3 is 2.44 bits per heavy atom. The predicted octanol–water partition coefficient (Wildman–Crippen LogP) is 5.86. The van der Waals surface area contributed by atoms with Gasteiger partial charge in [0.1, 0.15) is 17.9 Å². The molecule has 0 atom stereocenters. The third kappa shape index (κ3) is 4.83. The number of imide groups is 2. The van der Waals surface area contributed by atoms with Crippen LogP contribution in [0.5, 0.6) is 5.75 Å². The van der Waals surface area contributed by atoms with E-state index < -0.39 is 17.8 Å². The molecule has 1 aliphatic heterocycles. The number of ether oxygens (including phenoxy) is 1. The maximum absolute atomic E-state index is 13.2. The third-order valence-electron chi connectivity index (χ3n) is 5.47. The number of aryl methyl sites for hydroxylation is 2. The zero-order chi connectivity index (χ0) is 24.4. The van der Waals surface area contributed by atoms with Crippen molar-refractivity contribution in [2.45, 2.75) is 20.5 Å². The summed E-state index contributed by atoms with van der Waals surface area (Å²) in [6.45, 7) is 3.97. The van der Waals surface area contributed by atoms with Gasteiger partial charge >= 0.3 is 6.03 Å². The number of anilines is 1. The smallest absolute Gasteiger partial charge is 0.335 e. The molecule has 0 aromatic heterocycles. The molecule has 0 spiro atoms. The van der Waals surface area contributed by atoms with Gasteiger partial charge in [-0.15, -0.1) is 0 Å². The van der Waals surface area contributed by atoms with Crippen LogP contribution in [0, 0.1) is 13.8 Å². The van der Waals surface area contributed by atoms with Gasteiger partial charge in [-0.05, 0) is 61.4 Å². The highest BCUT2D eigenvalue weighted by Crippen LogP contribution is 2.28. The van der Waals surface area contributed by atoms with Crippen LogP contribution < -0.4 is 15.0 Å². The lowest BCUT2D eigenvalue weighted by atomic mass is 10.0. The van der Waals surface area contributed by atoms with Crippen molar-refractivity contribution in [1.29, 1.82) is 0 Å². The van der Waals surface area contributed by atoms with E-state index in [1.807, 2.05) is 19.9 Å². The van der Waals surface area contributed by atoms with Crippen molar-refractivity contribution >= 4 is 52.8 Å². The van der Waals surface area contributed by atoms with Crippen LogP contribution in [0.2, 0.25) is 10.0 Å². The van der Waals surface area contributed by atoms with Gasteiger partial charge in [0.05, 0.1) is 5.69 Å². The summed E-state index contributed by atoms with van der Waals surface area (Å²) >= 11 is 12.2. The third-order valence-corrected chi connectivity index (χ3v) is 6.05. The number of benzene rings is 3. The first-order chi connectivity index (χ1) is 16.2. The number of nitrogens with zero attached hydrogens (tertiary/aromatic N) is 1. The standard InChI is InChI=1S/C26H20Cl2N2O4/c1-15-7-10-20(11-16(15)2)30-25(32)21(24(31)29-26(30)33)12-17-5-3-4-6-23(17)34-14-18-8-9-19(27)13-22(18)28/h3-13H,14H2,1-2H3,(H,29,31,33)/b21-12+. The summed E-state index contributed by atoms with van der Waals surface area (Å²) in [6.07, 6.45) is 1.41. The van der Waals surface area contributed by atoms with Crippen LogP contribution in [0.3, 0.4) is 0 Å². The van der Waals surface area contributed by atoms with Gasteiger partial charge < -0.3 is 4.74 Å². The average Bonchev–Trinajstić information content (AvgIpc) is 2.79. The van der Waals surface area contributed by atoms with Crippen LogP contribution in [0.1, 0.15) is 22.3 Å². The van der Waals surface area contributed by atoms with Crippen molar-refractivity contribution in [3.05, 3.63) is 98.5 Å². The van der Waals surface area contributed by atoms with Gasteiger partial charge in [0.15, 0.2) is 0 Å². The summed E-state index contributed by atoms with van der Waals surface area (Å²) in [5.74, 6) is -1.05. The number of hydrogen-bond acceptors (Lipinski definition) is 4. The van der Waals surface area contributed by atoms with Crippen molar-refractivity contribution in [2.24, 2.45) is 0 Å². The monoisotopic (exact) mass is 494 g/mol. The number of hydrogen-bond donors (Lipinski definition) is 1. The summed E-state index contributed by atoms with van der Waals surface area (Å²) < 4.78 is 5.92. The van der Waals surface area contributed by atoms with Crippen molar-refractivity contribution in [1.82, 2.24) is 5.32 Å². The summed E-state index contributed by atoms with van der Waals surface area (Å²) in [6, 6.07) is 16.5. The first-order valence-electron chi connectivity index (χ1n) is 10.4. The summed E-state index contributed by atoms with van der Waals surface area (Å²) in [4.78, 5) is 39.2. The quantitative estimate of drug-likeness (QED) is 0.356. The molecule has 6 nitrogen and oxygen atoms in total. The first-order valence-corrected chi connectivity index (χ1v) is 11.1. The number of para-hydroxylation sites is 1. The molecule has 0 radical (unpaired) electrons. The van der Waals surface area contributed by atoms with E-state index in [1.165, 1.54) is 6.08 Å². The number of rotatable bonds is 5. The maximum atomic E-state index is 13.2. The van der Waals surface area contributed by atoms with Crippen LogP contribution in [0.4, 0.5) is 10.5 Å². The highest BCUT2D eigenvalue weighted by molar-refractivity contribution is 6.39. The molecule has 0 aliphatic carbocycles. The number of nitrogens with one attached hydrogen (secondary N) is 1. The molecule has 34 heavy (non-hydrogen) atoms. The second kappa shape index (κ2) is 9.71. The second-order valence-electron chi connectivity index (χ2n) is 7.79. The molecule has 4 amide bonds. The minimum atomic E-state index is -0.794. The Morgan fingerprint density at radius 1 is 0.941 bits per heavy atom. The Labute approximate surface area is 206 Å². The molecule has 1 aliphatic rings. The van der Waals surface area contributed by atoms with E-state index in [0.29, 0.717) is 27.0 Å². The van der Waals surface area contributed by atoms with Gasteiger partial charge in [-0.2, -0.15) is 0 Å². The van der Waals surface area contributed by atoms with E-state index in [9.17, 15) is 14.4 Å². The van der Waals surface area contributed by atoms with Gasteiger partial charge in [-0.25, -0.2) is 9.69 Å². The number of carbonyl (C=O) groups is 3. The molecular formula is C26H20Cl2N2O4. The van der Waals surface area contributed by atoms with Crippen LogP contribution in [-0.2, 0) is 16.2 Å². The van der Waals surface area contributed by atoms with Crippen LogP contribution in [-0.4, -0.2) is 17.8 Å². The Bertz CT molecular complexity index is 1350. The lowest BCUT2D eigenvalue weighted by Crippen LogP contribution is -2.54. The second-order valence-corrected chi connectivity index (χ2v) is 8.63. The Morgan fingerprint density at radius 2 is 1.71 bits per heavy atom. The van der Waals surface area contributed by atoms with Gasteiger partial charge in [-0.3, -0.25) is 14.9 Å². The van der Waals surface area contributed by atoms with Crippen molar-refractivity contribution in [3.63, 3.8) is 0 Å². The zero-order valence-electron chi connectivity index (χ0n) is 18.4. The molecule has 1 heterocycles. The maximum Gasteiger partial charge on any atom is 0.335 e. The summed E-state index contributed by atoms with van der Waals surface area (Å²) in [7, 11) is 0. The largest absolute Gasteiger partial charge is 0.488 e. The Balaban J connectivity index is 1.65. The van der Waals surface area contributed by atoms with Gasteiger partial charge in [0.25, 0.3) is 11.8 Å². The van der Waals surface area contributed by atoms with E-state index in [4.69, 9.17) is 27.9 Å². The van der Waals surface area contributed by atoms with Crippen molar-refractivity contribution in [3.8, 4) is 5.75 Å². The SMILES string of the molecule is Cc1ccc(N2C(=O)NC(=O)/C(=C\c3ccccc3OCc3ccc(Cl)cc3Cl)C2=O)cc1C. The van der Waals surface area contributed by atoms with Gasteiger partial charge in [-0.1, -0.05) is 53.5 Å². The van der Waals surface area contributed by atoms with Gasteiger partial charge in [0.2, 0.25) is 0 Å². The Kier molecular flexibility index (Phi) is 6.72. The summed E-state index contributed by atoms with van der Waals surface area (Å²) in [5, 5.41) is 3.22. The van der Waals surface area contributed by atoms with Crippen molar-refractivity contribution < 1.29 is 19.1 Å². The van der Waals surface area contributed by atoms with Crippen LogP contribution >= 0.6 is 23.2 Å². The van der Waals surface area contributed by atoms with Gasteiger partial charge in [0, 0.05) is 21.2 Å². The van der Waals surface area contributed by atoms with E-state index in [0.717, 1.165) is 21.6 Å². The zero-order valence-corrected chi connectivity index (χ0v) is 19.9.